The third-order valence-electron chi connectivity index (χ3n) is 8.39. The summed E-state index contributed by atoms with van der Waals surface area (Å²) in [6, 6.07) is 23.9. The first-order valence-corrected chi connectivity index (χ1v) is 18.5. The number of aryl methyl sites for hydroxylation is 1. The van der Waals surface area contributed by atoms with Crippen molar-refractivity contribution in [2.75, 3.05) is 10.8 Å². The highest BCUT2D eigenvalue weighted by molar-refractivity contribution is 7.92. The third kappa shape index (κ3) is 8.84. The van der Waals surface area contributed by atoms with Gasteiger partial charge in [0.25, 0.3) is 10.0 Å². The van der Waals surface area contributed by atoms with E-state index in [1.54, 1.807) is 30.3 Å². The highest BCUT2D eigenvalue weighted by Crippen LogP contribution is 2.34. The fourth-order valence-corrected chi connectivity index (χ4v) is 8.11. The van der Waals surface area contributed by atoms with Crippen molar-refractivity contribution < 1.29 is 18.0 Å². The molecule has 1 fully saturated rings. The first-order chi connectivity index (χ1) is 22.9. The van der Waals surface area contributed by atoms with Crippen LogP contribution in [0.2, 0.25) is 20.1 Å². The van der Waals surface area contributed by atoms with Crippen molar-refractivity contribution in [3.05, 3.63) is 128 Å². The number of nitrogens with zero attached hydrogens (tertiary/aromatic N) is 2. The predicted octanol–water partition coefficient (Wildman–Crippen LogP) is 8.50. The van der Waals surface area contributed by atoms with Crippen LogP contribution >= 0.6 is 46.4 Å². The van der Waals surface area contributed by atoms with Crippen LogP contribution in [0.15, 0.2) is 95.9 Å². The fraction of sp³-hybridized carbons (Fsp3) is 0.278. The molecule has 48 heavy (non-hydrogen) atoms. The van der Waals surface area contributed by atoms with E-state index in [0.29, 0.717) is 15.6 Å². The second-order valence-electron chi connectivity index (χ2n) is 11.9. The predicted molar refractivity (Wildman–Crippen MR) is 194 cm³/mol. The van der Waals surface area contributed by atoms with Crippen molar-refractivity contribution in [1.82, 2.24) is 10.2 Å². The molecule has 0 heterocycles. The molecule has 252 valence electrons. The molecule has 0 saturated heterocycles. The van der Waals surface area contributed by atoms with E-state index in [1.165, 1.54) is 35.2 Å². The van der Waals surface area contributed by atoms with Gasteiger partial charge in [-0.15, -0.1) is 0 Å². The van der Waals surface area contributed by atoms with Gasteiger partial charge in [-0.1, -0.05) is 113 Å². The number of carbonyl (C=O) groups excluding carboxylic acids is 2. The van der Waals surface area contributed by atoms with Gasteiger partial charge in [-0.2, -0.15) is 0 Å². The van der Waals surface area contributed by atoms with Crippen LogP contribution in [-0.2, 0) is 32.6 Å². The molecule has 0 unspecified atom stereocenters. The van der Waals surface area contributed by atoms with Gasteiger partial charge in [0.15, 0.2) is 0 Å². The lowest BCUT2D eigenvalue weighted by Gasteiger charge is -2.34. The Labute approximate surface area is 301 Å². The van der Waals surface area contributed by atoms with E-state index in [-0.39, 0.29) is 45.5 Å². The van der Waals surface area contributed by atoms with Crippen LogP contribution in [-0.4, -0.2) is 43.8 Å². The molecule has 0 aliphatic heterocycles. The maximum atomic E-state index is 14.7. The molecule has 7 nitrogen and oxygen atoms in total. The summed E-state index contributed by atoms with van der Waals surface area (Å²) in [7, 11) is -4.35. The number of hydrogen-bond donors (Lipinski definition) is 1. The summed E-state index contributed by atoms with van der Waals surface area (Å²) in [4.78, 5) is 30.2. The molecular weight excluding hydrogens is 712 g/mol. The minimum absolute atomic E-state index is 0.0180. The molecule has 1 N–H and O–H groups in total. The van der Waals surface area contributed by atoms with Gasteiger partial charge in [-0.3, -0.25) is 13.9 Å². The van der Waals surface area contributed by atoms with Gasteiger partial charge in [-0.25, -0.2) is 8.42 Å². The topological polar surface area (TPSA) is 86.8 Å². The largest absolute Gasteiger partial charge is 0.352 e. The molecule has 0 spiro atoms. The van der Waals surface area contributed by atoms with Crippen molar-refractivity contribution in [3.8, 4) is 0 Å². The van der Waals surface area contributed by atoms with Gasteiger partial charge in [0.05, 0.1) is 15.6 Å². The first kappa shape index (κ1) is 36.0. The highest BCUT2D eigenvalue weighted by atomic mass is 35.5. The van der Waals surface area contributed by atoms with Crippen LogP contribution in [0.4, 0.5) is 5.69 Å². The molecule has 0 aromatic heterocycles. The Morgan fingerprint density at radius 3 is 2.15 bits per heavy atom. The summed E-state index contributed by atoms with van der Waals surface area (Å²) in [5.41, 5.74) is 2.25. The summed E-state index contributed by atoms with van der Waals surface area (Å²) in [5, 5.41) is 4.17. The van der Waals surface area contributed by atoms with E-state index in [2.05, 4.69) is 5.32 Å². The van der Waals surface area contributed by atoms with E-state index in [9.17, 15) is 18.0 Å². The van der Waals surface area contributed by atoms with Crippen LogP contribution in [0, 0.1) is 6.92 Å². The van der Waals surface area contributed by atoms with Gasteiger partial charge < -0.3 is 10.2 Å². The van der Waals surface area contributed by atoms with Crippen LogP contribution < -0.4 is 9.62 Å². The summed E-state index contributed by atoms with van der Waals surface area (Å²) in [6.45, 7) is 1.07. The number of anilines is 1. The minimum Gasteiger partial charge on any atom is -0.352 e. The van der Waals surface area contributed by atoms with E-state index in [1.807, 2.05) is 37.3 Å². The number of hydrogen-bond acceptors (Lipinski definition) is 4. The quantitative estimate of drug-likeness (QED) is 0.158. The Morgan fingerprint density at radius 2 is 1.48 bits per heavy atom. The summed E-state index contributed by atoms with van der Waals surface area (Å²) < 4.78 is 29.5. The number of amides is 2. The molecule has 0 bridgehead atoms. The number of rotatable bonds is 12. The Balaban J connectivity index is 1.61. The Bertz CT molecular complexity index is 1870. The average Bonchev–Trinajstić information content (AvgIpc) is 3.57. The average molecular weight is 748 g/mol. The zero-order valence-corrected chi connectivity index (χ0v) is 30.1. The first-order valence-electron chi connectivity index (χ1n) is 15.5. The highest BCUT2D eigenvalue weighted by Gasteiger charge is 2.36. The molecule has 1 atom stereocenters. The van der Waals surface area contributed by atoms with Gasteiger partial charge >= 0.3 is 0 Å². The minimum atomic E-state index is -4.35. The van der Waals surface area contributed by atoms with Crippen molar-refractivity contribution in [3.63, 3.8) is 0 Å². The zero-order valence-electron chi connectivity index (χ0n) is 26.2. The molecule has 4 aromatic carbocycles. The number of sulfonamides is 1. The van der Waals surface area contributed by atoms with E-state index in [0.717, 1.165) is 41.1 Å². The van der Waals surface area contributed by atoms with Gasteiger partial charge in [0.1, 0.15) is 12.6 Å². The van der Waals surface area contributed by atoms with Gasteiger partial charge in [0.2, 0.25) is 11.8 Å². The summed E-state index contributed by atoms with van der Waals surface area (Å²) in [5.74, 6) is -0.979. The summed E-state index contributed by atoms with van der Waals surface area (Å²) >= 11 is 25.7. The molecule has 1 aliphatic rings. The molecule has 1 aliphatic carbocycles. The second kappa shape index (κ2) is 16.0. The fourth-order valence-electron chi connectivity index (χ4n) is 5.78. The van der Waals surface area contributed by atoms with Crippen LogP contribution in [0.5, 0.6) is 0 Å². The Morgan fingerprint density at radius 1 is 0.833 bits per heavy atom. The lowest BCUT2D eigenvalue weighted by molar-refractivity contribution is -0.140. The van der Waals surface area contributed by atoms with Crippen molar-refractivity contribution >= 4 is 73.9 Å². The second-order valence-corrected chi connectivity index (χ2v) is 15.4. The maximum absolute atomic E-state index is 14.7. The molecule has 1 saturated carbocycles. The van der Waals surface area contributed by atoms with Crippen molar-refractivity contribution in [2.24, 2.45) is 0 Å². The SMILES string of the molecule is Cc1ccc(S(=O)(=O)N(CC(=O)N(Cc2ccc(Cl)cc2Cl)[C@@H](Cc2ccccc2)C(=O)NC2CCCC2)c2cc(Cl)ccc2Cl)cc1. The molecule has 2 amide bonds. The molecule has 0 radical (unpaired) electrons. The zero-order chi connectivity index (χ0) is 34.4. The normalized spacial score (nSPS) is 14.0. The third-order valence-corrected chi connectivity index (χ3v) is 11.3. The number of carbonyl (C=O) groups is 2. The van der Waals surface area contributed by atoms with Crippen molar-refractivity contribution in [2.45, 2.75) is 62.6 Å². The van der Waals surface area contributed by atoms with Crippen LogP contribution in [0.1, 0.15) is 42.4 Å². The van der Waals surface area contributed by atoms with Crippen LogP contribution in [0.3, 0.4) is 0 Å². The lowest BCUT2D eigenvalue weighted by atomic mass is 10.0. The van der Waals surface area contributed by atoms with Crippen molar-refractivity contribution in [1.29, 1.82) is 0 Å². The number of halogens is 4. The smallest absolute Gasteiger partial charge is 0.264 e. The Hall–Kier alpha value is -3.27. The molecule has 5 rings (SSSR count). The lowest BCUT2D eigenvalue weighted by Crippen LogP contribution is -2.54. The molecule has 4 aromatic rings. The number of nitrogens with one attached hydrogen (secondary N) is 1. The van der Waals surface area contributed by atoms with Gasteiger partial charge in [0, 0.05) is 34.1 Å². The van der Waals surface area contributed by atoms with Crippen LogP contribution in [0.25, 0.3) is 0 Å². The summed E-state index contributed by atoms with van der Waals surface area (Å²) in [6.07, 6.45) is 3.87. The van der Waals surface area contributed by atoms with E-state index < -0.39 is 28.5 Å². The van der Waals surface area contributed by atoms with Gasteiger partial charge in [-0.05, 0) is 73.4 Å². The monoisotopic (exact) mass is 745 g/mol. The number of benzene rings is 4. The standard InChI is InChI=1S/C36H35Cl4N3O4S/c1-24-11-16-30(17-12-24)48(46,47)43(33-21-28(38)15-18-31(33)39)23-35(44)42(22-26-13-14-27(37)20-32(26)40)34(19-25-7-3-2-4-8-25)36(45)41-29-9-5-6-10-29/h2-4,7-8,11-18,20-21,29,34H,5-6,9-10,19,22-23H2,1H3,(H,41,45)/t34-/m0/s1. The molecule has 12 heteroatoms. The van der Waals surface area contributed by atoms with E-state index >= 15 is 0 Å². The maximum Gasteiger partial charge on any atom is 0.264 e. The molecular formula is C36H35Cl4N3O4S. The Kier molecular flexibility index (Phi) is 12.0. The van der Waals surface area contributed by atoms with E-state index in [4.69, 9.17) is 46.4 Å².